The first-order valence-corrected chi connectivity index (χ1v) is 8.61. The van der Waals surface area contributed by atoms with Gasteiger partial charge in [-0.15, -0.1) is 11.3 Å². The molecule has 118 valence electrons. The lowest BCUT2D eigenvalue weighted by atomic mass is 10.2. The predicted molar refractivity (Wildman–Crippen MR) is 84.0 cm³/mol. The average molecular weight is 320 g/mol. The summed E-state index contributed by atoms with van der Waals surface area (Å²) in [5.41, 5.74) is 0. The quantitative estimate of drug-likeness (QED) is 0.917. The van der Waals surface area contributed by atoms with Crippen molar-refractivity contribution >= 4 is 16.5 Å². The molecule has 2 unspecified atom stereocenters. The van der Waals surface area contributed by atoms with Gasteiger partial charge in [0.2, 0.25) is 5.89 Å². The molecule has 0 radical (unpaired) electrons. The van der Waals surface area contributed by atoms with Gasteiger partial charge < -0.3 is 14.7 Å². The van der Waals surface area contributed by atoms with E-state index in [9.17, 15) is 0 Å². The van der Waals surface area contributed by atoms with Crippen molar-refractivity contribution in [3.63, 3.8) is 0 Å². The first kappa shape index (κ1) is 14.1. The van der Waals surface area contributed by atoms with Gasteiger partial charge in [0.15, 0.2) is 11.0 Å². The molecular weight excluding hydrogens is 300 g/mol. The standard InChI is InChI=1S/C14H20N6OS/c1-19-7-4-15-9-11(19)12-17-13(21-18-12)10-3-2-6-20(10)14-16-5-8-22-14/h5,8,10-11,15H,2-4,6-7,9H2,1H3. The molecule has 0 bridgehead atoms. The Morgan fingerprint density at radius 1 is 1.36 bits per heavy atom. The second-order valence-electron chi connectivity index (χ2n) is 5.86. The molecule has 7 nitrogen and oxygen atoms in total. The normalized spacial score (nSPS) is 26.7. The molecule has 0 saturated carbocycles. The summed E-state index contributed by atoms with van der Waals surface area (Å²) >= 11 is 1.66. The zero-order valence-electron chi connectivity index (χ0n) is 12.6. The second-order valence-corrected chi connectivity index (χ2v) is 6.73. The predicted octanol–water partition coefficient (Wildman–Crippen LogP) is 1.44. The van der Waals surface area contributed by atoms with Crippen molar-refractivity contribution in [1.82, 2.24) is 25.3 Å². The fraction of sp³-hybridized carbons (Fsp3) is 0.643. The van der Waals surface area contributed by atoms with E-state index in [0.717, 1.165) is 55.9 Å². The van der Waals surface area contributed by atoms with Crippen molar-refractivity contribution in [1.29, 1.82) is 0 Å². The fourth-order valence-corrected chi connectivity index (χ4v) is 3.94. The number of nitrogens with zero attached hydrogens (tertiary/aromatic N) is 5. The maximum absolute atomic E-state index is 5.60. The summed E-state index contributed by atoms with van der Waals surface area (Å²) in [7, 11) is 2.11. The van der Waals surface area contributed by atoms with E-state index in [4.69, 9.17) is 9.51 Å². The molecule has 1 N–H and O–H groups in total. The molecule has 2 saturated heterocycles. The van der Waals surface area contributed by atoms with Gasteiger partial charge in [-0.25, -0.2) is 4.98 Å². The molecule has 2 aliphatic heterocycles. The molecule has 2 aliphatic rings. The number of likely N-dealkylation sites (N-methyl/N-ethyl adjacent to an activating group) is 1. The van der Waals surface area contributed by atoms with Crippen LogP contribution in [0.5, 0.6) is 0 Å². The van der Waals surface area contributed by atoms with E-state index < -0.39 is 0 Å². The van der Waals surface area contributed by atoms with E-state index in [0.29, 0.717) is 0 Å². The molecule has 2 aromatic heterocycles. The van der Waals surface area contributed by atoms with Crippen LogP contribution in [0.4, 0.5) is 5.13 Å². The van der Waals surface area contributed by atoms with E-state index >= 15 is 0 Å². The van der Waals surface area contributed by atoms with E-state index in [1.165, 1.54) is 0 Å². The van der Waals surface area contributed by atoms with Crippen LogP contribution in [0.15, 0.2) is 16.1 Å². The third-order valence-electron chi connectivity index (χ3n) is 4.47. The maximum Gasteiger partial charge on any atom is 0.249 e. The van der Waals surface area contributed by atoms with Gasteiger partial charge >= 0.3 is 0 Å². The monoisotopic (exact) mass is 320 g/mol. The van der Waals surface area contributed by atoms with Crippen molar-refractivity contribution < 1.29 is 4.52 Å². The van der Waals surface area contributed by atoms with Crippen molar-refractivity contribution in [2.24, 2.45) is 0 Å². The molecule has 8 heteroatoms. The van der Waals surface area contributed by atoms with Gasteiger partial charge in [-0.05, 0) is 19.9 Å². The summed E-state index contributed by atoms with van der Waals surface area (Å²) in [5.74, 6) is 1.51. The molecule has 0 aliphatic carbocycles. The fourth-order valence-electron chi connectivity index (χ4n) is 3.22. The van der Waals surface area contributed by atoms with Gasteiger partial charge in [0.25, 0.3) is 0 Å². The Labute approximate surface area is 133 Å². The van der Waals surface area contributed by atoms with Crippen LogP contribution in [0.25, 0.3) is 0 Å². The highest BCUT2D eigenvalue weighted by Crippen LogP contribution is 2.36. The van der Waals surface area contributed by atoms with Crippen LogP contribution < -0.4 is 10.2 Å². The summed E-state index contributed by atoms with van der Waals surface area (Å²) in [4.78, 5) is 13.7. The number of piperazine rings is 1. The molecule has 0 aromatic carbocycles. The molecule has 4 heterocycles. The zero-order chi connectivity index (χ0) is 14.9. The Kier molecular flexibility index (Phi) is 3.81. The summed E-state index contributed by atoms with van der Waals surface area (Å²) in [6.45, 7) is 3.89. The molecule has 0 amide bonds. The molecule has 2 atom stereocenters. The highest BCUT2D eigenvalue weighted by Gasteiger charge is 2.34. The third kappa shape index (κ3) is 2.51. The lowest BCUT2D eigenvalue weighted by Gasteiger charge is -2.30. The van der Waals surface area contributed by atoms with Crippen LogP contribution in [0.2, 0.25) is 0 Å². The summed E-state index contributed by atoms with van der Waals surface area (Å²) in [5, 5.41) is 10.7. The summed E-state index contributed by atoms with van der Waals surface area (Å²) in [6, 6.07) is 0.357. The Morgan fingerprint density at radius 3 is 3.14 bits per heavy atom. The molecule has 2 fully saturated rings. The number of hydrogen-bond donors (Lipinski definition) is 1. The minimum Gasteiger partial charge on any atom is -0.337 e. The van der Waals surface area contributed by atoms with Crippen molar-refractivity contribution in [3.05, 3.63) is 23.3 Å². The second kappa shape index (κ2) is 5.94. The first-order chi connectivity index (χ1) is 10.8. The number of hydrogen-bond acceptors (Lipinski definition) is 8. The highest BCUT2D eigenvalue weighted by atomic mass is 32.1. The van der Waals surface area contributed by atoms with E-state index in [1.807, 2.05) is 11.6 Å². The Bertz CT molecular complexity index is 615. The van der Waals surface area contributed by atoms with Crippen molar-refractivity contribution in [2.45, 2.75) is 24.9 Å². The Morgan fingerprint density at radius 2 is 2.32 bits per heavy atom. The topological polar surface area (TPSA) is 70.3 Å². The molecule has 22 heavy (non-hydrogen) atoms. The van der Waals surface area contributed by atoms with Crippen LogP contribution in [-0.2, 0) is 0 Å². The van der Waals surface area contributed by atoms with Crippen LogP contribution in [0.3, 0.4) is 0 Å². The number of nitrogens with one attached hydrogen (secondary N) is 1. The highest BCUT2D eigenvalue weighted by molar-refractivity contribution is 7.13. The van der Waals surface area contributed by atoms with Crippen LogP contribution in [-0.4, -0.2) is 53.3 Å². The molecular formula is C14H20N6OS. The summed E-state index contributed by atoms with van der Waals surface area (Å²) < 4.78 is 5.60. The Balaban J connectivity index is 1.55. The van der Waals surface area contributed by atoms with Gasteiger partial charge in [-0.1, -0.05) is 5.16 Å². The average Bonchev–Trinajstić information content (AvgIpc) is 3.27. The van der Waals surface area contributed by atoms with Gasteiger partial charge in [-0.2, -0.15) is 4.98 Å². The molecule has 2 aromatic rings. The van der Waals surface area contributed by atoms with E-state index in [2.05, 4.69) is 32.3 Å². The van der Waals surface area contributed by atoms with Gasteiger partial charge in [0, 0.05) is 37.8 Å². The smallest absolute Gasteiger partial charge is 0.249 e. The largest absolute Gasteiger partial charge is 0.337 e. The lowest BCUT2D eigenvalue weighted by molar-refractivity contribution is 0.190. The number of thiazole rings is 1. The van der Waals surface area contributed by atoms with Crippen molar-refractivity contribution in [3.8, 4) is 0 Å². The van der Waals surface area contributed by atoms with Crippen molar-refractivity contribution in [2.75, 3.05) is 38.1 Å². The van der Waals surface area contributed by atoms with E-state index in [-0.39, 0.29) is 12.1 Å². The molecule has 0 spiro atoms. The van der Waals surface area contributed by atoms with E-state index in [1.54, 1.807) is 11.3 Å². The van der Waals surface area contributed by atoms with Gasteiger partial charge in [0.1, 0.15) is 6.04 Å². The first-order valence-electron chi connectivity index (χ1n) is 7.73. The van der Waals surface area contributed by atoms with Crippen LogP contribution >= 0.6 is 11.3 Å². The SMILES string of the molecule is CN1CCNCC1c1noc(C2CCCN2c2nccs2)n1. The Hall–Kier alpha value is -1.51. The molecule has 4 rings (SSSR count). The minimum atomic E-state index is 0.161. The van der Waals surface area contributed by atoms with Gasteiger partial charge in [-0.3, -0.25) is 4.90 Å². The number of rotatable bonds is 3. The summed E-state index contributed by atoms with van der Waals surface area (Å²) in [6.07, 6.45) is 4.02. The zero-order valence-corrected chi connectivity index (χ0v) is 13.4. The maximum atomic E-state index is 5.60. The number of anilines is 1. The minimum absolute atomic E-state index is 0.161. The number of aromatic nitrogens is 3. The lowest BCUT2D eigenvalue weighted by Crippen LogP contribution is -2.44. The van der Waals surface area contributed by atoms with Crippen LogP contribution in [0, 0.1) is 0 Å². The third-order valence-corrected chi connectivity index (χ3v) is 5.28. The van der Waals surface area contributed by atoms with Crippen LogP contribution in [0.1, 0.15) is 36.6 Å². The van der Waals surface area contributed by atoms with Gasteiger partial charge in [0.05, 0.1) is 6.04 Å².